The highest BCUT2D eigenvalue weighted by Gasteiger charge is 2.24. The summed E-state index contributed by atoms with van der Waals surface area (Å²) in [6.45, 7) is 1.53. The molecule has 0 saturated carbocycles. The van der Waals surface area contributed by atoms with Crippen molar-refractivity contribution in [1.82, 2.24) is 4.98 Å². The number of hydrogen-bond acceptors (Lipinski definition) is 3. The van der Waals surface area contributed by atoms with Gasteiger partial charge in [-0.25, -0.2) is 18.6 Å². The quantitative estimate of drug-likeness (QED) is 0.740. The predicted molar refractivity (Wildman–Crippen MR) is 50.3 cm³/mol. The van der Waals surface area contributed by atoms with Gasteiger partial charge in [0.05, 0.1) is 17.7 Å². The van der Waals surface area contributed by atoms with Crippen LogP contribution in [0.1, 0.15) is 28.0 Å². The third-order valence-corrected chi connectivity index (χ3v) is 2.32. The van der Waals surface area contributed by atoms with Gasteiger partial charge in [0.2, 0.25) is 0 Å². The second kappa shape index (κ2) is 4.53. The number of aryl methyl sites for hydroxylation is 1. The van der Waals surface area contributed by atoms with Crippen molar-refractivity contribution in [2.45, 2.75) is 13.3 Å². The zero-order valence-corrected chi connectivity index (χ0v) is 8.81. The third kappa shape index (κ3) is 2.23. The van der Waals surface area contributed by atoms with E-state index < -0.39 is 23.7 Å². The highest BCUT2D eigenvalue weighted by Crippen LogP contribution is 2.31. The van der Waals surface area contributed by atoms with Crippen LogP contribution in [0.15, 0.2) is 6.20 Å². The number of nitrogens with zero attached hydrogens (tertiary/aromatic N) is 1. The number of carbonyl (C=O) groups excluding carboxylic acids is 1. The van der Waals surface area contributed by atoms with E-state index in [1.54, 1.807) is 0 Å². The van der Waals surface area contributed by atoms with E-state index in [0.29, 0.717) is 5.56 Å². The Morgan fingerprint density at radius 3 is 2.67 bits per heavy atom. The number of hydrogen-bond donors (Lipinski definition) is 0. The maximum Gasteiger partial charge on any atom is 0.357 e. The average molecular weight is 236 g/mol. The zero-order chi connectivity index (χ0) is 11.6. The monoisotopic (exact) mass is 235 g/mol. The molecule has 0 bridgehead atoms. The first kappa shape index (κ1) is 11.8. The molecule has 6 heteroatoms. The second-order valence-electron chi connectivity index (χ2n) is 2.81. The topological polar surface area (TPSA) is 39.2 Å². The SMILES string of the molecule is COC(=O)c1ncc(C)c(Cl)c1C(F)F. The molecule has 0 aliphatic carbocycles. The van der Waals surface area contributed by atoms with Gasteiger partial charge in [-0.15, -0.1) is 0 Å². The number of rotatable bonds is 2. The molecule has 0 unspecified atom stereocenters. The van der Waals surface area contributed by atoms with Gasteiger partial charge in [-0.2, -0.15) is 0 Å². The van der Waals surface area contributed by atoms with Crippen LogP contribution in [0, 0.1) is 6.92 Å². The summed E-state index contributed by atoms with van der Waals surface area (Å²) in [5.41, 5.74) is -0.633. The number of methoxy groups -OCH3 is 1. The molecule has 1 aromatic heterocycles. The largest absolute Gasteiger partial charge is 0.464 e. The summed E-state index contributed by atoms with van der Waals surface area (Å²) in [6.07, 6.45) is -1.61. The lowest BCUT2D eigenvalue weighted by Crippen LogP contribution is -2.10. The molecule has 1 aromatic rings. The van der Waals surface area contributed by atoms with E-state index in [0.717, 1.165) is 7.11 Å². The van der Waals surface area contributed by atoms with E-state index >= 15 is 0 Å². The van der Waals surface area contributed by atoms with Gasteiger partial charge in [0, 0.05) is 6.20 Å². The summed E-state index contributed by atoms with van der Waals surface area (Å²) in [6, 6.07) is 0. The highest BCUT2D eigenvalue weighted by atomic mass is 35.5. The predicted octanol–water partition coefficient (Wildman–Crippen LogP) is 2.77. The minimum Gasteiger partial charge on any atom is -0.464 e. The molecule has 82 valence electrons. The molecule has 0 N–H and O–H groups in total. The van der Waals surface area contributed by atoms with E-state index in [1.807, 2.05) is 0 Å². The van der Waals surface area contributed by atoms with Crippen molar-refractivity contribution in [2.75, 3.05) is 7.11 Å². The van der Waals surface area contributed by atoms with Crippen LogP contribution in [-0.4, -0.2) is 18.1 Å². The first-order valence-electron chi connectivity index (χ1n) is 4.00. The molecule has 0 radical (unpaired) electrons. The fourth-order valence-corrected chi connectivity index (χ4v) is 1.28. The van der Waals surface area contributed by atoms with Gasteiger partial charge in [-0.1, -0.05) is 11.6 Å². The van der Waals surface area contributed by atoms with Gasteiger partial charge in [0.25, 0.3) is 6.43 Å². The van der Waals surface area contributed by atoms with Gasteiger partial charge in [-0.3, -0.25) is 0 Å². The number of ether oxygens (including phenoxy) is 1. The smallest absolute Gasteiger partial charge is 0.357 e. The summed E-state index contributed by atoms with van der Waals surface area (Å²) in [5.74, 6) is -0.924. The van der Waals surface area contributed by atoms with Gasteiger partial charge < -0.3 is 4.74 Å². The molecule has 0 spiro atoms. The molecule has 1 heterocycles. The van der Waals surface area contributed by atoms with Gasteiger partial charge in [-0.05, 0) is 12.5 Å². The number of halogens is 3. The average Bonchev–Trinajstić information content (AvgIpc) is 2.20. The van der Waals surface area contributed by atoms with E-state index in [1.165, 1.54) is 13.1 Å². The minimum atomic E-state index is -2.86. The third-order valence-electron chi connectivity index (χ3n) is 1.82. The Morgan fingerprint density at radius 1 is 1.60 bits per heavy atom. The molecule has 0 aliphatic rings. The molecular weight excluding hydrogens is 228 g/mol. The Hall–Kier alpha value is -1.23. The molecule has 0 atom stereocenters. The van der Waals surface area contributed by atoms with Crippen molar-refractivity contribution in [3.05, 3.63) is 28.0 Å². The maximum absolute atomic E-state index is 12.6. The molecule has 0 aliphatic heterocycles. The number of pyridine rings is 1. The number of carbonyl (C=O) groups is 1. The summed E-state index contributed by atoms with van der Waals surface area (Å²) < 4.78 is 29.6. The van der Waals surface area contributed by atoms with Gasteiger partial charge >= 0.3 is 5.97 Å². The molecule has 0 saturated heterocycles. The van der Waals surface area contributed by atoms with Gasteiger partial charge in [0.15, 0.2) is 5.69 Å². The van der Waals surface area contributed by atoms with E-state index in [4.69, 9.17) is 11.6 Å². The molecule has 3 nitrogen and oxygen atoms in total. The fraction of sp³-hybridized carbons (Fsp3) is 0.333. The molecule has 1 rings (SSSR count). The Morgan fingerprint density at radius 2 is 2.20 bits per heavy atom. The van der Waals surface area contributed by atoms with Crippen molar-refractivity contribution < 1.29 is 18.3 Å². The van der Waals surface area contributed by atoms with Crippen LogP contribution < -0.4 is 0 Å². The molecular formula is C9H8ClF2NO2. The van der Waals surface area contributed by atoms with Gasteiger partial charge in [0.1, 0.15) is 0 Å². The minimum absolute atomic E-state index is 0.152. The molecule has 0 fully saturated rings. The zero-order valence-electron chi connectivity index (χ0n) is 8.05. The first-order valence-corrected chi connectivity index (χ1v) is 4.38. The van der Waals surface area contributed by atoms with Crippen LogP contribution in [0.3, 0.4) is 0 Å². The van der Waals surface area contributed by atoms with Crippen molar-refractivity contribution in [1.29, 1.82) is 0 Å². The Kier molecular flexibility index (Phi) is 3.57. The van der Waals surface area contributed by atoms with Crippen LogP contribution in [-0.2, 0) is 4.74 Å². The summed E-state index contributed by atoms with van der Waals surface area (Å²) in [5, 5.41) is -0.152. The van der Waals surface area contributed by atoms with E-state index in [2.05, 4.69) is 9.72 Å². The fourth-order valence-electron chi connectivity index (χ4n) is 1.06. The van der Waals surface area contributed by atoms with Crippen LogP contribution in [0.2, 0.25) is 5.02 Å². The van der Waals surface area contributed by atoms with Crippen molar-refractivity contribution >= 4 is 17.6 Å². The Bertz CT molecular complexity index is 396. The van der Waals surface area contributed by atoms with E-state index in [9.17, 15) is 13.6 Å². The lowest BCUT2D eigenvalue weighted by Gasteiger charge is -2.09. The second-order valence-corrected chi connectivity index (χ2v) is 3.19. The van der Waals surface area contributed by atoms with Crippen LogP contribution in [0.4, 0.5) is 8.78 Å². The molecule has 0 aromatic carbocycles. The van der Waals surface area contributed by atoms with Crippen LogP contribution >= 0.6 is 11.6 Å². The van der Waals surface area contributed by atoms with Crippen molar-refractivity contribution in [3.63, 3.8) is 0 Å². The molecule has 0 amide bonds. The molecule has 15 heavy (non-hydrogen) atoms. The number of esters is 1. The summed E-state index contributed by atoms with van der Waals surface area (Å²) in [4.78, 5) is 14.7. The summed E-state index contributed by atoms with van der Waals surface area (Å²) in [7, 11) is 1.09. The normalized spacial score (nSPS) is 10.5. The van der Waals surface area contributed by atoms with Crippen molar-refractivity contribution in [3.8, 4) is 0 Å². The standard InChI is InChI=1S/C9H8ClF2NO2/c1-4-3-13-7(9(14)15-2)5(6(4)10)8(11)12/h3,8H,1-2H3. The number of aromatic nitrogens is 1. The van der Waals surface area contributed by atoms with E-state index in [-0.39, 0.29) is 5.02 Å². The maximum atomic E-state index is 12.6. The van der Waals surface area contributed by atoms with Crippen molar-refractivity contribution in [2.24, 2.45) is 0 Å². The number of alkyl halides is 2. The highest BCUT2D eigenvalue weighted by molar-refractivity contribution is 6.32. The first-order chi connectivity index (χ1) is 6.99. The van der Waals surface area contributed by atoms with Crippen LogP contribution in [0.25, 0.3) is 0 Å². The Balaban J connectivity index is 3.40. The lowest BCUT2D eigenvalue weighted by atomic mass is 10.1. The Labute approximate surface area is 90.0 Å². The summed E-state index contributed by atoms with van der Waals surface area (Å²) >= 11 is 5.67. The van der Waals surface area contributed by atoms with Crippen LogP contribution in [0.5, 0.6) is 0 Å². The lowest BCUT2D eigenvalue weighted by molar-refractivity contribution is 0.0581.